The van der Waals surface area contributed by atoms with Crippen molar-refractivity contribution in [3.05, 3.63) is 0 Å². The summed E-state index contributed by atoms with van der Waals surface area (Å²) in [5.74, 6) is -10.2. The Morgan fingerprint density at radius 2 is 0.727 bits per heavy atom. The summed E-state index contributed by atoms with van der Waals surface area (Å²) in [5, 5.41) is 47.8. The number of rotatable bonds is 22. The Hall–Kier alpha value is -5.10. The fraction of sp³-hybridized carbons (Fsp3) is 0.600. The molecule has 0 radical (unpaired) electrons. The molecule has 0 aliphatic heterocycles. The van der Waals surface area contributed by atoms with Gasteiger partial charge < -0.3 is 47.0 Å². The van der Waals surface area contributed by atoms with Crippen LogP contribution in [0.4, 0.5) is 0 Å². The molecule has 0 aromatic heterocycles. The van der Waals surface area contributed by atoms with Gasteiger partial charge in [-0.3, -0.25) is 28.8 Å². The van der Waals surface area contributed by atoms with Gasteiger partial charge in [0.05, 0.1) is 6.54 Å². The predicted octanol–water partition coefficient (Wildman–Crippen LogP) is -2.89. The molecule has 0 aromatic rings. The highest BCUT2D eigenvalue weighted by atomic mass is 16.4. The second-order valence-corrected chi connectivity index (χ2v) is 9.60. The Balaban J connectivity index is 4.88. The molecule has 19 nitrogen and oxygen atoms in total. The number of nitrogens with one attached hydrogen (secondary N) is 5. The van der Waals surface area contributed by atoms with Gasteiger partial charge in [0.1, 0.15) is 30.0 Å². The molecule has 246 valence electrons. The van der Waals surface area contributed by atoms with Crippen LogP contribution >= 0.6 is 0 Å². The molecule has 0 fully saturated rings. The summed E-state index contributed by atoms with van der Waals surface area (Å²) in [6, 6.07) is -6.09. The summed E-state index contributed by atoms with van der Waals surface area (Å²) in [6.45, 7) is 2.07. The number of carboxylic acids is 4. The molecule has 0 spiro atoms. The maximum atomic E-state index is 12.3. The van der Waals surface area contributed by atoms with E-state index in [1.54, 1.807) is 0 Å². The minimum absolute atomic E-state index is 0.243. The highest BCUT2D eigenvalue weighted by molar-refractivity contribution is 5.88. The standard InChI is InChI=1S/C25H37N5O14/c1-12(31)11-26-18(33)7-3-15(23(39)40)28-20(35)9-5-17(25(43)44)30-21(36)10-6-16(24(41)42)29-19(34)8-4-14(22(37)38)27-13(2)32/h14-17H,3-11H2,1-2H3,(H,26,33)(H,27,32)(H,28,35)(H,29,34)(H,30,36)(H,37,38)(H,39,40)(H,41,42)(H,43,44)/t14-,15-,16-,17-/m0/s1. The van der Waals surface area contributed by atoms with E-state index >= 15 is 0 Å². The van der Waals surface area contributed by atoms with E-state index in [-0.39, 0.29) is 31.6 Å². The van der Waals surface area contributed by atoms with Crippen LogP contribution < -0.4 is 26.6 Å². The average molecular weight is 632 g/mol. The van der Waals surface area contributed by atoms with Crippen LogP contribution in [0.5, 0.6) is 0 Å². The van der Waals surface area contributed by atoms with Crippen LogP contribution in [-0.4, -0.2) is 110 Å². The third kappa shape index (κ3) is 17.7. The molecule has 0 unspecified atom stereocenters. The molecule has 4 atom stereocenters. The second kappa shape index (κ2) is 19.9. The van der Waals surface area contributed by atoms with Crippen molar-refractivity contribution in [2.75, 3.05) is 6.54 Å². The maximum absolute atomic E-state index is 12.3. The van der Waals surface area contributed by atoms with Crippen molar-refractivity contribution in [3.63, 3.8) is 0 Å². The first-order chi connectivity index (χ1) is 20.4. The molecule has 0 aliphatic carbocycles. The van der Waals surface area contributed by atoms with Crippen LogP contribution in [0.15, 0.2) is 0 Å². The summed E-state index contributed by atoms with van der Waals surface area (Å²) >= 11 is 0. The van der Waals surface area contributed by atoms with Gasteiger partial charge in [-0.1, -0.05) is 0 Å². The largest absolute Gasteiger partial charge is 0.480 e. The lowest BCUT2D eigenvalue weighted by Crippen LogP contribution is -2.45. The molecule has 0 aromatic carbocycles. The zero-order valence-corrected chi connectivity index (χ0v) is 24.0. The highest BCUT2D eigenvalue weighted by Crippen LogP contribution is 2.06. The van der Waals surface area contributed by atoms with Gasteiger partial charge in [-0.15, -0.1) is 0 Å². The van der Waals surface area contributed by atoms with Crippen LogP contribution in [0.25, 0.3) is 0 Å². The summed E-state index contributed by atoms with van der Waals surface area (Å²) in [6.07, 6.45) is -3.51. The van der Waals surface area contributed by atoms with Crippen LogP contribution in [0, 0.1) is 0 Å². The summed E-state index contributed by atoms with van der Waals surface area (Å²) in [4.78, 5) is 116. The van der Waals surface area contributed by atoms with Gasteiger partial charge in [-0.2, -0.15) is 0 Å². The summed E-state index contributed by atoms with van der Waals surface area (Å²) < 4.78 is 0. The van der Waals surface area contributed by atoms with Gasteiger partial charge in [0, 0.05) is 32.6 Å². The van der Waals surface area contributed by atoms with Crippen LogP contribution in [0.3, 0.4) is 0 Å². The van der Waals surface area contributed by atoms with Crippen molar-refractivity contribution in [1.29, 1.82) is 0 Å². The third-order valence-electron chi connectivity index (χ3n) is 5.75. The first-order valence-electron chi connectivity index (χ1n) is 13.2. The molecule has 0 rings (SSSR count). The van der Waals surface area contributed by atoms with Crippen molar-refractivity contribution < 1.29 is 68.4 Å². The molecule has 0 saturated heterocycles. The Morgan fingerprint density at radius 3 is 0.977 bits per heavy atom. The highest BCUT2D eigenvalue weighted by Gasteiger charge is 2.27. The normalized spacial score (nSPS) is 13.1. The van der Waals surface area contributed by atoms with E-state index in [0.29, 0.717) is 0 Å². The van der Waals surface area contributed by atoms with E-state index in [1.165, 1.54) is 6.92 Å². The minimum Gasteiger partial charge on any atom is -0.480 e. The van der Waals surface area contributed by atoms with E-state index < -0.39 is 110 Å². The van der Waals surface area contributed by atoms with E-state index in [2.05, 4.69) is 26.6 Å². The van der Waals surface area contributed by atoms with Crippen molar-refractivity contribution in [2.45, 2.75) is 89.4 Å². The molecule has 0 heterocycles. The van der Waals surface area contributed by atoms with Gasteiger partial charge in [-0.25, -0.2) is 19.2 Å². The minimum atomic E-state index is -1.62. The Kier molecular flexibility index (Phi) is 17.6. The Morgan fingerprint density at radius 1 is 0.455 bits per heavy atom. The van der Waals surface area contributed by atoms with Crippen LogP contribution in [-0.2, 0) is 47.9 Å². The molecule has 0 bridgehead atoms. The fourth-order valence-electron chi connectivity index (χ4n) is 3.49. The predicted molar refractivity (Wildman–Crippen MR) is 145 cm³/mol. The van der Waals surface area contributed by atoms with Crippen molar-refractivity contribution in [3.8, 4) is 0 Å². The molecular formula is C25H37N5O14. The quantitative estimate of drug-likeness (QED) is 0.0579. The molecule has 0 saturated carbocycles. The molecular weight excluding hydrogens is 594 g/mol. The lowest BCUT2D eigenvalue weighted by Gasteiger charge is -2.18. The molecule has 5 amide bonds. The smallest absolute Gasteiger partial charge is 0.326 e. The number of Topliss-reactive ketones (excluding diaryl/α,β-unsaturated/α-hetero) is 1. The van der Waals surface area contributed by atoms with Gasteiger partial charge in [0.2, 0.25) is 29.5 Å². The number of carbonyl (C=O) groups is 10. The third-order valence-corrected chi connectivity index (χ3v) is 5.75. The zero-order valence-electron chi connectivity index (χ0n) is 24.0. The fourth-order valence-corrected chi connectivity index (χ4v) is 3.49. The van der Waals surface area contributed by atoms with Gasteiger partial charge in [0.25, 0.3) is 0 Å². The maximum Gasteiger partial charge on any atom is 0.326 e. The zero-order chi connectivity index (χ0) is 34.0. The first kappa shape index (κ1) is 38.9. The number of hydrogen-bond donors (Lipinski definition) is 9. The van der Waals surface area contributed by atoms with E-state index in [9.17, 15) is 63.3 Å². The molecule has 44 heavy (non-hydrogen) atoms. The number of ketones is 1. The van der Waals surface area contributed by atoms with Gasteiger partial charge in [-0.05, 0) is 32.6 Å². The number of hydrogen-bond acceptors (Lipinski definition) is 10. The van der Waals surface area contributed by atoms with Crippen molar-refractivity contribution in [2.24, 2.45) is 0 Å². The van der Waals surface area contributed by atoms with E-state index in [4.69, 9.17) is 5.11 Å². The molecule has 0 aliphatic rings. The number of carboxylic acid groups (broad SMARTS) is 4. The number of aliphatic carboxylic acids is 4. The Bertz CT molecular complexity index is 1120. The van der Waals surface area contributed by atoms with Crippen LogP contribution in [0.1, 0.15) is 65.2 Å². The lowest BCUT2D eigenvalue weighted by molar-refractivity contribution is -0.144. The van der Waals surface area contributed by atoms with Crippen LogP contribution in [0.2, 0.25) is 0 Å². The topological polar surface area (TPSA) is 312 Å². The summed E-state index contributed by atoms with van der Waals surface area (Å²) in [7, 11) is 0. The lowest BCUT2D eigenvalue weighted by atomic mass is 10.1. The van der Waals surface area contributed by atoms with Gasteiger partial charge >= 0.3 is 23.9 Å². The van der Waals surface area contributed by atoms with Crippen molar-refractivity contribution in [1.82, 2.24) is 26.6 Å². The summed E-state index contributed by atoms with van der Waals surface area (Å²) in [5.41, 5.74) is 0. The average Bonchev–Trinajstić information content (AvgIpc) is 2.91. The number of carbonyl (C=O) groups excluding carboxylic acids is 6. The Labute approximate surface area is 250 Å². The SMILES string of the molecule is CC(=O)CNC(=O)CC[C@H](NC(=O)CC[C@H](NC(=O)CC[C@H](NC(=O)CC[C@H](NC(C)=O)C(=O)O)C(=O)O)C(=O)O)C(=O)O. The van der Waals surface area contributed by atoms with E-state index in [0.717, 1.165) is 6.92 Å². The number of amides is 5. The second-order valence-electron chi connectivity index (χ2n) is 9.60. The first-order valence-corrected chi connectivity index (χ1v) is 13.2. The van der Waals surface area contributed by atoms with Crippen molar-refractivity contribution >= 4 is 59.2 Å². The van der Waals surface area contributed by atoms with Gasteiger partial charge in [0.15, 0.2) is 0 Å². The monoisotopic (exact) mass is 631 g/mol. The van der Waals surface area contributed by atoms with E-state index in [1.807, 2.05) is 0 Å². The molecule has 19 heteroatoms. The molecule has 9 N–H and O–H groups in total.